The summed E-state index contributed by atoms with van der Waals surface area (Å²) >= 11 is 0.543. The van der Waals surface area contributed by atoms with Gasteiger partial charge in [0.15, 0.2) is 0 Å². The first-order chi connectivity index (χ1) is 14.8. The molecule has 0 aromatic carbocycles. The van der Waals surface area contributed by atoms with Gasteiger partial charge in [-0.25, -0.2) is 10.2 Å². The number of carbonyl (C=O) groups excluding carboxylic acids is 1. The normalized spacial score (nSPS) is 11.5. The van der Waals surface area contributed by atoms with E-state index in [1.165, 1.54) is 75.5 Å². The summed E-state index contributed by atoms with van der Waals surface area (Å²) in [6, 6.07) is -0.418. The van der Waals surface area contributed by atoms with E-state index < -0.39 is 18.0 Å². The molecule has 1 heterocycles. The molecule has 1 rings (SSSR count). The van der Waals surface area contributed by atoms with Crippen molar-refractivity contribution in [1.82, 2.24) is 19.7 Å². The van der Waals surface area contributed by atoms with Crippen LogP contribution in [0.15, 0.2) is 0 Å². The zero-order valence-electron chi connectivity index (χ0n) is 18.9. The van der Waals surface area contributed by atoms with Crippen LogP contribution in [-0.2, 0) is 6.18 Å². The van der Waals surface area contributed by atoms with Crippen molar-refractivity contribution in [2.75, 3.05) is 19.0 Å². The van der Waals surface area contributed by atoms with E-state index in [0.29, 0.717) is 18.1 Å². The fourth-order valence-corrected chi connectivity index (χ4v) is 3.78. The van der Waals surface area contributed by atoms with Gasteiger partial charge in [0, 0.05) is 25.1 Å². The number of nitrogens with zero attached hydrogens (tertiary/aromatic N) is 3. The van der Waals surface area contributed by atoms with Crippen LogP contribution in [0.3, 0.4) is 0 Å². The number of nitrogens with one attached hydrogen (secondary N) is 2. The molecule has 0 radical (unpaired) electrons. The minimum Gasteiger partial charge on any atom is -0.326 e. The van der Waals surface area contributed by atoms with E-state index in [9.17, 15) is 18.0 Å². The van der Waals surface area contributed by atoms with Crippen molar-refractivity contribution in [1.29, 1.82) is 0 Å². The topological polar surface area (TPSA) is 70.2 Å². The van der Waals surface area contributed by atoms with Crippen molar-refractivity contribution in [2.24, 2.45) is 0 Å². The van der Waals surface area contributed by atoms with Crippen LogP contribution < -0.4 is 10.9 Å². The molecule has 0 spiro atoms. The summed E-state index contributed by atoms with van der Waals surface area (Å²) < 4.78 is 40.6. The molecular formula is C21H38F3N5OS. The summed E-state index contributed by atoms with van der Waals surface area (Å²) in [6.07, 6.45) is 13.2. The Bertz CT molecular complexity index is 598. The molecule has 0 aliphatic rings. The van der Waals surface area contributed by atoms with E-state index in [4.69, 9.17) is 0 Å². The number of amides is 2. The van der Waals surface area contributed by atoms with E-state index in [1.807, 2.05) is 0 Å². The van der Waals surface area contributed by atoms with Crippen molar-refractivity contribution in [3.63, 3.8) is 0 Å². The molecule has 0 unspecified atom stereocenters. The third kappa shape index (κ3) is 13.4. The molecule has 2 N–H and O–H groups in total. The second kappa shape index (κ2) is 16.1. The maximum Gasteiger partial charge on any atom is 0.452 e. The highest BCUT2D eigenvalue weighted by Crippen LogP contribution is 2.28. The molecule has 0 aliphatic carbocycles. The Morgan fingerprint density at radius 3 is 1.84 bits per heavy atom. The Labute approximate surface area is 188 Å². The Morgan fingerprint density at radius 1 is 0.903 bits per heavy atom. The third-order valence-corrected chi connectivity index (χ3v) is 5.78. The predicted molar refractivity (Wildman–Crippen MR) is 120 cm³/mol. The highest BCUT2D eigenvalue weighted by atomic mass is 32.1. The quantitative estimate of drug-likeness (QED) is 0.192. The smallest absolute Gasteiger partial charge is 0.326 e. The summed E-state index contributed by atoms with van der Waals surface area (Å²) in [5.41, 5.74) is 4.71. The van der Waals surface area contributed by atoms with Crippen molar-refractivity contribution in [2.45, 2.75) is 103 Å². The molecular weight excluding hydrogens is 427 g/mol. The predicted octanol–water partition coefficient (Wildman–Crippen LogP) is 7.01. The van der Waals surface area contributed by atoms with Gasteiger partial charge in [-0.05, 0) is 6.42 Å². The molecule has 0 atom stereocenters. The van der Waals surface area contributed by atoms with E-state index >= 15 is 0 Å². The van der Waals surface area contributed by atoms with E-state index in [1.54, 1.807) is 7.05 Å². The number of urea groups is 1. The summed E-state index contributed by atoms with van der Waals surface area (Å²) in [7, 11) is 1.65. The number of alkyl halides is 3. The molecule has 0 saturated heterocycles. The molecule has 0 aliphatic heterocycles. The van der Waals surface area contributed by atoms with Gasteiger partial charge in [0.2, 0.25) is 11.0 Å². The first kappa shape index (κ1) is 27.5. The van der Waals surface area contributed by atoms with Crippen LogP contribution in [0.4, 0.5) is 23.1 Å². The highest BCUT2D eigenvalue weighted by Gasteiger charge is 2.36. The first-order valence-corrected chi connectivity index (χ1v) is 12.3. The van der Waals surface area contributed by atoms with Gasteiger partial charge in [0.05, 0.1) is 0 Å². The number of unbranched alkanes of at least 4 members (excludes halogenated alkanes) is 13. The molecule has 6 nitrogen and oxygen atoms in total. The standard InChI is InChI=1S/C21H38F3N5OS/c1-3-4-5-6-7-8-9-10-11-12-13-14-15-16-17-29(2)20(30)27-26-19-25-18(28-31-19)21(22,23)24/h3-17H2,1-2H3,(H,27,30)(H,25,26,28). The summed E-state index contributed by atoms with van der Waals surface area (Å²) in [5, 5.41) is -0.106. The van der Waals surface area contributed by atoms with Gasteiger partial charge >= 0.3 is 12.2 Å². The van der Waals surface area contributed by atoms with Gasteiger partial charge in [-0.3, -0.25) is 5.43 Å². The lowest BCUT2D eigenvalue weighted by Crippen LogP contribution is -2.40. The van der Waals surface area contributed by atoms with Gasteiger partial charge in [0.25, 0.3) is 0 Å². The van der Waals surface area contributed by atoms with Gasteiger partial charge < -0.3 is 4.90 Å². The maximum atomic E-state index is 12.5. The van der Waals surface area contributed by atoms with Gasteiger partial charge in [0.1, 0.15) is 0 Å². The number of rotatable bonds is 17. The molecule has 1 aromatic rings. The number of aromatic nitrogens is 2. The summed E-state index contributed by atoms with van der Waals surface area (Å²) in [6.45, 7) is 2.84. The summed E-state index contributed by atoms with van der Waals surface area (Å²) in [4.78, 5) is 16.8. The lowest BCUT2D eigenvalue weighted by Gasteiger charge is -2.17. The van der Waals surface area contributed by atoms with Crippen LogP contribution in [0, 0.1) is 0 Å². The fourth-order valence-electron chi connectivity index (χ4n) is 3.24. The number of hydrogen-bond acceptors (Lipinski definition) is 5. The molecule has 1 aromatic heterocycles. The fraction of sp³-hybridized carbons (Fsp3) is 0.857. The Hall–Kier alpha value is -1.58. The Morgan fingerprint density at radius 2 is 1.39 bits per heavy atom. The SMILES string of the molecule is CCCCCCCCCCCCCCCCN(C)C(=O)NNc1nc(C(F)(F)F)ns1. The van der Waals surface area contributed by atoms with Crippen molar-refractivity contribution < 1.29 is 18.0 Å². The Balaban J connectivity index is 1.95. The highest BCUT2D eigenvalue weighted by molar-refractivity contribution is 7.09. The van der Waals surface area contributed by atoms with Crippen LogP contribution in [0.25, 0.3) is 0 Å². The molecule has 10 heteroatoms. The second-order valence-corrected chi connectivity index (χ2v) is 8.75. The van der Waals surface area contributed by atoms with Crippen LogP contribution in [0.1, 0.15) is 103 Å². The minimum atomic E-state index is -4.59. The van der Waals surface area contributed by atoms with Crippen molar-refractivity contribution in [3.05, 3.63) is 5.82 Å². The molecule has 180 valence electrons. The van der Waals surface area contributed by atoms with Gasteiger partial charge in [-0.2, -0.15) is 22.5 Å². The van der Waals surface area contributed by atoms with Crippen molar-refractivity contribution >= 4 is 22.7 Å². The Kier molecular flexibility index (Phi) is 14.3. The molecule has 0 saturated carbocycles. The molecule has 0 bridgehead atoms. The average molecular weight is 466 g/mol. The van der Waals surface area contributed by atoms with Crippen LogP contribution in [0.5, 0.6) is 0 Å². The monoisotopic (exact) mass is 465 g/mol. The number of carbonyl (C=O) groups is 1. The van der Waals surface area contributed by atoms with Gasteiger partial charge in [-0.1, -0.05) is 90.4 Å². The molecule has 0 fully saturated rings. The molecule has 31 heavy (non-hydrogen) atoms. The molecule has 2 amide bonds. The lowest BCUT2D eigenvalue weighted by molar-refractivity contribution is -0.144. The largest absolute Gasteiger partial charge is 0.452 e. The number of hydrazine groups is 1. The number of hydrogen-bond donors (Lipinski definition) is 2. The summed E-state index contributed by atoms with van der Waals surface area (Å²) in [5.74, 6) is -1.22. The maximum absolute atomic E-state index is 12.5. The van der Waals surface area contributed by atoms with E-state index in [2.05, 4.69) is 27.1 Å². The first-order valence-electron chi connectivity index (χ1n) is 11.5. The van der Waals surface area contributed by atoms with E-state index in [0.717, 1.165) is 19.3 Å². The zero-order valence-corrected chi connectivity index (χ0v) is 19.7. The number of anilines is 1. The zero-order chi connectivity index (χ0) is 23.0. The lowest BCUT2D eigenvalue weighted by atomic mass is 10.0. The second-order valence-electron chi connectivity index (χ2n) is 7.99. The van der Waals surface area contributed by atoms with Crippen LogP contribution >= 0.6 is 11.5 Å². The van der Waals surface area contributed by atoms with Crippen molar-refractivity contribution in [3.8, 4) is 0 Å². The number of halogens is 3. The minimum absolute atomic E-state index is 0.106. The van der Waals surface area contributed by atoms with Crippen LogP contribution in [-0.4, -0.2) is 33.9 Å². The van der Waals surface area contributed by atoms with E-state index in [-0.39, 0.29) is 5.13 Å². The third-order valence-electron chi connectivity index (χ3n) is 5.15. The average Bonchev–Trinajstić information content (AvgIpc) is 3.21. The van der Waals surface area contributed by atoms with Gasteiger partial charge in [-0.15, -0.1) is 0 Å². The van der Waals surface area contributed by atoms with Crippen LogP contribution in [0.2, 0.25) is 0 Å².